The van der Waals surface area contributed by atoms with E-state index >= 15 is 0 Å². The molecular weight excluding hydrogens is 346 g/mol. The Kier molecular flexibility index (Phi) is 3.95. The summed E-state index contributed by atoms with van der Waals surface area (Å²) in [5.74, 6) is 0.582. The highest BCUT2D eigenvalue weighted by Gasteiger charge is 2.14. The van der Waals surface area contributed by atoms with Crippen LogP contribution in [0.2, 0.25) is 0 Å². The summed E-state index contributed by atoms with van der Waals surface area (Å²) in [5.41, 5.74) is 3.25. The van der Waals surface area contributed by atoms with E-state index in [2.05, 4.69) is 0 Å². The van der Waals surface area contributed by atoms with Crippen LogP contribution in [0.1, 0.15) is 5.56 Å². The van der Waals surface area contributed by atoms with E-state index in [1.807, 2.05) is 91.0 Å². The second kappa shape index (κ2) is 6.74. The largest absolute Gasteiger partial charge is 0.286 e. The average Bonchev–Trinajstić information content (AvgIpc) is 2.76. The molecular formula is C24H17N3O. The number of benzene rings is 3. The summed E-state index contributed by atoms with van der Waals surface area (Å²) in [7, 11) is 0. The molecule has 0 aliphatic heterocycles. The maximum absolute atomic E-state index is 13.3. The summed E-state index contributed by atoms with van der Waals surface area (Å²) >= 11 is 0. The van der Waals surface area contributed by atoms with E-state index in [1.54, 1.807) is 4.57 Å². The van der Waals surface area contributed by atoms with Gasteiger partial charge in [-0.15, -0.1) is 0 Å². The van der Waals surface area contributed by atoms with Crippen LogP contribution in [0.4, 0.5) is 0 Å². The summed E-state index contributed by atoms with van der Waals surface area (Å²) < 4.78 is 1.72. The minimum atomic E-state index is -0.0561. The van der Waals surface area contributed by atoms with Gasteiger partial charge in [0.15, 0.2) is 5.82 Å². The monoisotopic (exact) mass is 363 g/mol. The molecule has 0 amide bonds. The number of aromatic nitrogens is 3. The predicted molar refractivity (Wildman–Crippen MR) is 112 cm³/mol. The summed E-state index contributed by atoms with van der Waals surface area (Å²) in [6.45, 7) is 0.446. The molecule has 28 heavy (non-hydrogen) atoms. The van der Waals surface area contributed by atoms with Crippen molar-refractivity contribution in [2.24, 2.45) is 0 Å². The zero-order valence-electron chi connectivity index (χ0n) is 15.1. The SMILES string of the molecule is O=c1c2ccccc2nc(-c2ccc3ccccc3n2)n1Cc1ccccc1. The van der Waals surface area contributed by atoms with Crippen molar-refractivity contribution >= 4 is 21.8 Å². The van der Waals surface area contributed by atoms with Gasteiger partial charge in [-0.2, -0.15) is 0 Å². The normalized spacial score (nSPS) is 11.1. The van der Waals surface area contributed by atoms with Gasteiger partial charge in [-0.1, -0.05) is 66.7 Å². The van der Waals surface area contributed by atoms with Gasteiger partial charge in [-0.3, -0.25) is 9.36 Å². The molecule has 0 fully saturated rings. The van der Waals surface area contributed by atoms with E-state index in [1.165, 1.54) is 0 Å². The van der Waals surface area contributed by atoms with E-state index in [-0.39, 0.29) is 5.56 Å². The van der Waals surface area contributed by atoms with Crippen molar-refractivity contribution in [3.63, 3.8) is 0 Å². The number of nitrogens with zero attached hydrogens (tertiary/aromatic N) is 3. The zero-order valence-corrected chi connectivity index (χ0v) is 15.1. The second-order valence-corrected chi connectivity index (χ2v) is 6.72. The van der Waals surface area contributed by atoms with E-state index in [9.17, 15) is 4.79 Å². The van der Waals surface area contributed by atoms with E-state index in [0.29, 0.717) is 29.0 Å². The van der Waals surface area contributed by atoms with Crippen molar-refractivity contribution in [3.8, 4) is 11.5 Å². The third kappa shape index (κ3) is 2.85. The lowest BCUT2D eigenvalue weighted by atomic mass is 10.1. The minimum Gasteiger partial charge on any atom is -0.286 e. The van der Waals surface area contributed by atoms with Gasteiger partial charge in [0.2, 0.25) is 0 Å². The molecule has 4 nitrogen and oxygen atoms in total. The zero-order chi connectivity index (χ0) is 18.9. The Morgan fingerprint density at radius 1 is 0.679 bits per heavy atom. The average molecular weight is 363 g/mol. The molecule has 0 saturated carbocycles. The summed E-state index contributed by atoms with van der Waals surface area (Å²) in [5, 5.41) is 1.67. The van der Waals surface area contributed by atoms with Crippen molar-refractivity contribution in [3.05, 3.63) is 107 Å². The standard InChI is InChI=1S/C24H17N3O/c28-24-19-11-5-7-13-21(19)26-23(27(24)16-17-8-2-1-3-9-17)22-15-14-18-10-4-6-12-20(18)25-22/h1-15H,16H2. The van der Waals surface area contributed by atoms with Crippen LogP contribution in [-0.2, 0) is 6.54 Å². The molecule has 0 aliphatic carbocycles. The van der Waals surface area contributed by atoms with Gasteiger partial charge in [0, 0.05) is 5.39 Å². The Morgan fingerprint density at radius 2 is 1.39 bits per heavy atom. The summed E-state index contributed by atoms with van der Waals surface area (Å²) in [6, 6.07) is 29.3. The topological polar surface area (TPSA) is 47.8 Å². The molecule has 0 radical (unpaired) electrons. The number of pyridine rings is 1. The summed E-state index contributed by atoms with van der Waals surface area (Å²) in [6.07, 6.45) is 0. The van der Waals surface area contributed by atoms with Crippen LogP contribution in [0.3, 0.4) is 0 Å². The smallest absolute Gasteiger partial charge is 0.262 e. The highest BCUT2D eigenvalue weighted by Crippen LogP contribution is 2.21. The van der Waals surface area contributed by atoms with Gasteiger partial charge in [-0.25, -0.2) is 9.97 Å². The van der Waals surface area contributed by atoms with Crippen LogP contribution in [-0.4, -0.2) is 14.5 Å². The first-order valence-electron chi connectivity index (χ1n) is 9.19. The molecule has 0 unspecified atom stereocenters. The van der Waals surface area contributed by atoms with Gasteiger partial charge < -0.3 is 0 Å². The third-order valence-electron chi connectivity index (χ3n) is 4.87. The van der Waals surface area contributed by atoms with Crippen molar-refractivity contribution in [1.82, 2.24) is 14.5 Å². The molecule has 0 N–H and O–H groups in total. The molecule has 0 atom stereocenters. The first-order chi connectivity index (χ1) is 13.8. The van der Waals surface area contributed by atoms with Crippen LogP contribution in [0, 0.1) is 0 Å². The molecule has 134 valence electrons. The van der Waals surface area contributed by atoms with Crippen molar-refractivity contribution in [1.29, 1.82) is 0 Å². The highest BCUT2D eigenvalue weighted by molar-refractivity contribution is 5.82. The van der Waals surface area contributed by atoms with Gasteiger partial charge in [0.1, 0.15) is 5.69 Å². The molecule has 5 rings (SSSR count). The molecule has 3 aromatic carbocycles. The lowest BCUT2D eigenvalue weighted by Crippen LogP contribution is -2.24. The molecule has 5 aromatic rings. The molecule has 2 aromatic heterocycles. The third-order valence-corrected chi connectivity index (χ3v) is 4.87. The highest BCUT2D eigenvalue weighted by atomic mass is 16.1. The Bertz CT molecular complexity index is 1360. The predicted octanol–water partition coefficient (Wildman–Crippen LogP) is 4.66. The van der Waals surface area contributed by atoms with Crippen molar-refractivity contribution in [2.75, 3.05) is 0 Å². The van der Waals surface area contributed by atoms with Gasteiger partial charge >= 0.3 is 0 Å². The first-order valence-corrected chi connectivity index (χ1v) is 9.19. The quantitative estimate of drug-likeness (QED) is 0.468. The van der Waals surface area contributed by atoms with Crippen LogP contribution in [0.15, 0.2) is 95.8 Å². The van der Waals surface area contributed by atoms with Crippen LogP contribution >= 0.6 is 0 Å². The Labute approximate surface area is 161 Å². The van der Waals surface area contributed by atoms with Crippen molar-refractivity contribution < 1.29 is 0 Å². The van der Waals surface area contributed by atoms with Gasteiger partial charge in [-0.05, 0) is 29.8 Å². The Balaban J connectivity index is 1.78. The van der Waals surface area contributed by atoms with Crippen LogP contribution < -0.4 is 5.56 Å². The maximum atomic E-state index is 13.3. The minimum absolute atomic E-state index is 0.0561. The second-order valence-electron chi connectivity index (χ2n) is 6.72. The lowest BCUT2D eigenvalue weighted by molar-refractivity contribution is 0.757. The molecule has 4 heteroatoms. The fourth-order valence-electron chi connectivity index (χ4n) is 3.47. The molecule has 0 saturated heterocycles. The van der Waals surface area contributed by atoms with E-state index in [4.69, 9.17) is 9.97 Å². The molecule has 0 aliphatic rings. The molecule has 2 heterocycles. The Hall–Kier alpha value is -3.79. The number of hydrogen-bond acceptors (Lipinski definition) is 3. The van der Waals surface area contributed by atoms with Gasteiger partial charge in [0.25, 0.3) is 5.56 Å². The number of hydrogen-bond donors (Lipinski definition) is 0. The van der Waals surface area contributed by atoms with E-state index < -0.39 is 0 Å². The van der Waals surface area contributed by atoms with Crippen LogP contribution in [0.5, 0.6) is 0 Å². The van der Waals surface area contributed by atoms with Crippen LogP contribution in [0.25, 0.3) is 33.3 Å². The fourth-order valence-corrected chi connectivity index (χ4v) is 3.47. The van der Waals surface area contributed by atoms with E-state index in [0.717, 1.165) is 16.5 Å². The lowest BCUT2D eigenvalue weighted by Gasteiger charge is -2.14. The first kappa shape index (κ1) is 16.4. The molecule has 0 bridgehead atoms. The Morgan fingerprint density at radius 3 is 2.25 bits per heavy atom. The number of fused-ring (bicyclic) bond motifs is 2. The van der Waals surface area contributed by atoms with Gasteiger partial charge in [0.05, 0.1) is 23.0 Å². The summed E-state index contributed by atoms with van der Waals surface area (Å²) in [4.78, 5) is 22.9. The maximum Gasteiger partial charge on any atom is 0.262 e. The number of para-hydroxylation sites is 2. The fraction of sp³-hybridized carbons (Fsp3) is 0.0417. The van der Waals surface area contributed by atoms with Crippen molar-refractivity contribution in [2.45, 2.75) is 6.54 Å². The molecule has 0 spiro atoms. The number of rotatable bonds is 3.